The van der Waals surface area contributed by atoms with Crippen molar-refractivity contribution < 1.29 is 9.90 Å². The van der Waals surface area contributed by atoms with E-state index in [9.17, 15) is 9.90 Å². The highest BCUT2D eigenvalue weighted by atomic mass is 16.3. The molecule has 4 nitrogen and oxygen atoms in total. The van der Waals surface area contributed by atoms with Crippen LogP contribution in [0.2, 0.25) is 0 Å². The Balaban J connectivity index is 1.89. The van der Waals surface area contributed by atoms with Crippen molar-refractivity contribution in [2.45, 2.75) is 38.5 Å². The van der Waals surface area contributed by atoms with Crippen LogP contribution in [0.25, 0.3) is 0 Å². The van der Waals surface area contributed by atoms with Gasteiger partial charge in [-0.15, -0.1) is 0 Å². The summed E-state index contributed by atoms with van der Waals surface area (Å²) >= 11 is 0. The Labute approximate surface area is 126 Å². The van der Waals surface area contributed by atoms with Crippen molar-refractivity contribution in [2.75, 3.05) is 25.5 Å². The van der Waals surface area contributed by atoms with Crippen molar-refractivity contribution in [3.8, 4) is 0 Å². The summed E-state index contributed by atoms with van der Waals surface area (Å²) in [7, 11) is 1.65. The van der Waals surface area contributed by atoms with Crippen LogP contribution in [0.5, 0.6) is 0 Å². The highest BCUT2D eigenvalue weighted by molar-refractivity contribution is 5.78. The normalized spacial score (nSPS) is 17.2. The lowest BCUT2D eigenvalue weighted by atomic mass is 9.74. The molecule has 1 aromatic carbocycles. The smallest absolute Gasteiger partial charge is 0.224 e. The zero-order chi connectivity index (χ0) is 15.1. The molecular weight excluding hydrogens is 264 g/mol. The van der Waals surface area contributed by atoms with E-state index in [1.165, 1.54) is 19.3 Å². The fourth-order valence-electron chi connectivity index (χ4n) is 3.00. The highest BCUT2D eigenvalue weighted by Crippen LogP contribution is 2.35. The highest BCUT2D eigenvalue weighted by Gasteiger charge is 2.30. The van der Waals surface area contributed by atoms with Gasteiger partial charge in [0.05, 0.1) is 13.0 Å². The molecule has 0 aromatic heterocycles. The Hall–Kier alpha value is -1.55. The minimum atomic E-state index is 0.0251. The van der Waals surface area contributed by atoms with Gasteiger partial charge in [0.15, 0.2) is 0 Å². The van der Waals surface area contributed by atoms with Crippen LogP contribution in [0.4, 0.5) is 5.69 Å². The van der Waals surface area contributed by atoms with E-state index in [0.717, 1.165) is 30.6 Å². The van der Waals surface area contributed by atoms with E-state index >= 15 is 0 Å². The number of hydrogen-bond donors (Lipinski definition) is 3. The number of hydrogen-bond acceptors (Lipinski definition) is 3. The third kappa shape index (κ3) is 4.46. The number of benzene rings is 1. The molecule has 1 fully saturated rings. The number of anilines is 1. The van der Waals surface area contributed by atoms with E-state index in [0.29, 0.717) is 6.42 Å². The average molecular weight is 290 g/mol. The summed E-state index contributed by atoms with van der Waals surface area (Å²) < 4.78 is 0. The topological polar surface area (TPSA) is 61.4 Å². The Morgan fingerprint density at radius 1 is 1.19 bits per heavy atom. The minimum Gasteiger partial charge on any atom is -0.396 e. The van der Waals surface area contributed by atoms with Gasteiger partial charge in [-0.1, -0.05) is 31.4 Å². The van der Waals surface area contributed by atoms with Crippen LogP contribution in [-0.2, 0) is 11.2 Å². The Morgan fingerprint density at radius 2 is 1.86 bits per heavy atom. The average Bonchev–Trinajstić information content (AvgIpc) is 2.55. The van der Waals surface area contributed by atoms with Crippen molar-refractivity contribution in [1.29, 1.82) is 0 Å². The van der Waals surface area contributed by atoms with Gasteiger partial charge < -0.3 is 15.7 Å². The first-order valence-electron chi connectivity index (χ1n) is 7.82. The van der Waals surface area contributed by atoms with Gasteiger partial charge in [-0.25, -0.2) is 0 Å². The van der Waals surface area contributed by atoms with Crippen LogP contribution in [0.3, 0.4) is 0 Å². The SMILES string of the molecule is CNC(=O)Cc1ccc(NCC2(CO)CCCCC2)cc1. The van der Waals surface area contributed by atoms with Crippen LogP contribution in [0, 0.1) is 5.41 Å². The second-order valence-corrected chi connectivity index (χ2v) is 6.12. The third-order valence-corrected chi connectivity index (χ3v) is 4.51. The van der Waals surface area contributed by atoms with Crippen molar-refractivity contribution in [2.24, 2.45) is 5.41 Å². The second kappa shape index (κ2) is 7.46. The molecule has 0 unspecified atom stereocenters. The lowest BCUT2D eigenvalue weighted by Gasteiger charge is -2.36. The molecule has 0 atom stereocenters. The van der Waals surface area contributed by atoms with E-state index < -0.39 is 0 Å². The molecule has 0 radical (unpaired) electrons. The second-order valence-electron chi connectivity index (χ2n) is 6.12. The molecule has 1 aliphatic rings. The molecule has 2 rings (SSSR count). The molecule has 0 aliphatic heterocycles. The summed E-state index contributed by atoms with van der Waals surface area (Å²) in [5.74, 6) is 0.0251. The Bertz CT molecular complexity index is 450. The zero-order valence-electron chi connectivity index (χ0n) is 12.8. The molecule has 0 heterocycles. The first-order valence-corrected chi connectivity index (χ1v) is 7.82. The third-order valence-electron chi connectivity index (χ3n) is 4.51. The number of aliphatic hydroxyl groups is 1. The monoisotopic (exact) mass is 290 g/mol. The van der Waals surface area contributed by atoms with Gasteiger partial charge in [0, 0.05) is 24.7 Å². The van der Waals surface area contributed by atoms with Crippen LogP contribution in [0.1, 0.15) is 37.7 Å². The van der Waals surface area contributed by atoms with Gasteiger partial charge in [-0.2, -0.15) is 0 Å². The zero-order valence-corrected chi connectivity index (χ0v) is 12.8. The van der Waals surface area contributed by atoms with Gasteiger partial charge in [-0.3, -0.25) is 4.79 Å². The lowest BCUT2D eigenvalue weighted by Crippen LogP contribution is -2.35. The van der Waals surface area contributed by atoms with E-state index in [1.54, 1.807) is 7.05 Å². The number of aliphatic hydroxyl groups excluding tert-OH is 1. The Morgan fingerprint density at radius 3 is 2.43 bits per heavy atom. The van der Waals surface area contributed by atoms with Crippen molar-refractivity contribution in [3.63, 3.8) is 0 Å². The largest absolute Gasteiger partial charge is 0.396 e. The van der Waals surface area contributed by atoms with Gasteiger partial charge >= 0.3 is 0 Å². The molecule has 1 amide bonds. The summed E-state index contributed by atoms with van der Waals surface area (Å²) in [6, 6.07) is 7.96. The van der Waals surface area contributed by atoms with Crippen LogP contribution in [0.15, 0.2) is 24.3 Å². The van der Waals surface area contributed by atoms with E-state index in [-0.39, 0.29) is 17.9 Å². The lowest BCUT2D eigenvalue weighted by molar-refractivity contribution is -0.119. The maximum atomic E-state index is 11.3. The molecule has 21 heavy (non-hydrogen) atoms. The molecule has 4 heteroatoms. The maximum absolute atomic E-state index is 11.3. The molecular formula is C17H26N2O2. The number of nitrogens with one attached hydrogen (secondary N) is 2. The fourth-order valence-corrected chi connectivity index (χ4v) is 3.00. The number of amides is 1. The van der Waals surface area contributed by atoms with Crippen LogP contribution >= 0.6 is 0 Å². The minimum absolute atomic E-state index is 0.0251. The van der Waals surface area contributed by atoms with Crippen molar-refractivity contribution in [3.05, 3.63) is 29.8 Å². The molecule has 0 saturated heterocycles. The summed E-state index contributed by atoms with van der Waals surface area (Å²) in [6.07, 6.45) is 6.34. The quantitative estimate of drug-likeness (QED) is 0.753. The van der Waals surface area contributed by atoms with Crippen LogP contribution in [-0.4, -0.2) is 31.2 Å². The predicted molar refractivity (Wildman–Crippen MR) is 85.3 cm³/mol. The van der Waals surface area contributed by atoms with Crippen molar-refractivity contribution >= 4 is 11.6 Å². The summed E-state index contributed by atoms with van der Waals surface area (Å²) in [6.45, 7) is 1.08. The summed E-state index contributed by atoms with van der Waals surface area (Å²) in [4.78, 5) is 11.3. The molecule has 3 N–H and O–H groups in total. The predicted octanol–water partition coefficient (Wildman–Crippen LogP) is 2.33. The number of carbonyl (C=O) groups is 1. The molecule has 1 aliphatic carbocycles. The summed E-state index contributed by atoms with van der Waals surface area (Å²) in [5, 5.41) is 15.8. The van der Waals surface area contributed by atoms with E-state index in [4.69, 9.17) is 0 Å². The fraction of sp³-hybridized carbons (Fsp3) is 0.588. The first-order chi connectivity index (χ1) is 10.2. The van der Waals surface area contributed by atoms with Crippen molar-refractivity contribution in [1.82, 2.24) is 5.32 Å². The molecule has 1 aromatic rings. The molecule has 0 bridgehead atoms. The molecule has 116 valence electrons. The van der Waals surface area contributed by atoms with Gasteiger partial charge in [0.25, 0.3) is 0 Å². The van der Waals surface area contributed by atoms with E-state index in [1.807, 2.05) is 24.3 Å². The number of carbonyl (C=O) groups excluding carboxylic acids is 1. The molecule has 0 spiro atoms. The standard InChI is InChI=1S/C17H26N2O2/c1-18-16(21)11-14-5-7-15(8-6-14)19-12-17(13-20)9-3-2-4-10-17/h5-8,19-20H,2-4,9-13H2,1H3,(H,18,21). The van der Waals surface area contributed by atoms with Gasteiger partial charge in [0.1, 0.15) is 0 Å². The maximum Gasteiger partial charge on any atom is 0.224 e. The van der Waals surface area contributed by atoms with Gasteiger partial charge in [-0.05, 0) is 30.5 Å². The summed E-state index contributed by atoms with van der Waals surface area (Å²) in [5.41, 5.74) is 2.10. The van der Waals surface area contributed by atoms with Crippen LogP contribution < -0.4 is 10.6 Å². The van der Waals surface area contributed by atoms with Gasteiger partial charge in [0.2, 0.25) is 5.91 Å². The molecule has 1 saturated carbocycles. The number of likely N-dealkylation sites (N-methyl/N-ethyl adjacent to an activating group) is 1. The Kier molecular flexibility index (Phi) is 5.62. The first kappa shape index (κ1) is 15.8. The van der Waals surface area contributed by atoms with E-state index in [2.05, 4.69) is 10.6 Å². The number of rotatable bonds is 6.